The van der Waals surface area contributed by atoms with Crippen LogP contribution in [0.3, 0.4) is 0 Å². The Balaban J connectivity index is 1.83. The van der Waals surface area contributed by atoms with Gasteiger partial charge < -0.3 is 9.73 Å². The summed E-state index contributed by atoms with van der Waals surface area (Å²) >= 11 is 1.15. The minimum Gasteiger partial charge on any atom is -0.465 e. The van der Waals surface area contributed by atoms with Crippen molar-refractivity contribution in [1.82, 2.24) is 5.32 Å². The number of nitrogens with one attached hydrogen (secondary N) is 1. The Labute approximate surface area is 102 Å². The lowest BCUT2D eigenvalue weighted by atomic mass is 10.3. The van der Waals surface area contributed by atoms with Gasteiger partial charge in [0.15, 0.2) is 0 Å². The Bertz CT molecular complexity index is 518. The third-order valence-corrected chi connectivity index (χ3v) is 3.17. The number of thiophene rings is 1. The van der Waals surface area contributed by atoms with Gasteiger partial charge >= 0.3 is 5.00 Å². The summed E-state index contributed by atoms with van der Waals surface area (Å²) in [6, 6.07) is 5.41. The molecule has 0 saturated carbocycles. The second-order valence-corrected chi connectivity index (χ2v) is 4.56. The van der Waals surface area contributed by atoms with Gasteiger partial charge in [-0.15, -0.1) is 0 Å². The molecule has 1 N–H and O–H groups in total. The first-order valence-electron chi connectivity index (χ1n) is 5.13. The van der Waals surface area contributed by atoms with Crippen LogP contribution in [0.2, 0.25) is 0 Å². The summed E-state index contributed by atoms with van der Waals surface area (Å²) in [5, 5.41) is 15.6. The minimum absolute atomic E-state index is 0.177. The average molecular weight is 252 g/mol. The quantitative estimate of drug-likeness (QED) is 0.656. The van der Waals surface area contributed by atoms with E-state index in [1.807, 2.05) is 19.1 Å². The third-order valence-electron chi connectivity index (χ3n) is 2.24. The van der Waals surface area contributed by atoms with E-state index in [4.69, 9.17) is 4.42 Å². The molecule has 0 aliphatic rings. The van der Waals surface area contributed by atoms with Crippen LogP contribution in [0.15, 0.2) is 28.0 Å². The molecule has 5 nitrogen and oxygen atoms in total. The lowest BCUT2D eigenvalue weighted by molar-refractivity contribution is -0.380. The van der Waals surface area contributed by atoms with Crippen molar-refractivity contribution in [2.45, 2.75) is 20.0 Å². The van der Waals surface area contributed by atoms with E-state index in [-0.39, 0.29) is 9.92 Å². The van der Waals surface area contributed by atoms with Crippen molar-refractivity contribution >= 4 is 16.3 Å². The van der Waals surface area contributed by atoms with Crippen molar-refractivity contribution in [3.05, 3.63) is 50.8 Å². The fourth-order valence-electron chi connectivity index (χ4n) is 1.46. The first-order valence-corrected chi connectivity index (χ1v) is 6.01. The molecule has 0 amide bonds. The van der Waals surface area contributed by atoms with Crippen LogP contribution in [-0.4, -0.2) is 4.92 Å². The zero-order valence-corrected chi connectivity index (χ0v) is 10.1. The van der Waals surface area contributed by atoms with Gasteiger partial charge in [0.25, 0.3) is 0 Å². The van der Waals surface area contributed by atoms with Crippen LogP contribution in [-0.2, 0) is 13.1 Å². The summed E-state index contributed by atoms with van der Waals surface area (Å²) in [5.41, 5.74) is 0.921. The number of aryl methyl sites for hydroxylation is 1. The highest BCUT2D eigenvalue weighted by atomic mass is 32.1. The maximum absolute atomic E-state index is 10.5. The van der Waals surface area contributed by atoms with Gasteiger partial charge in [0.05, 0.1) is 11.5 Å². The zero-order valence-electron chi connectivity index (χ0n) is 9.30. The molecule has 0 saturated heterocycles. The molecule has 2 rings (SSSR count). The zero-order chi connectivity index (χ0) is 12.3. The van der Waals surface area contributed by atoms with Crippen LogP contribution in [0.5, 0.6) is 0 Å². The Morgan fingerprint density at radius 1 is 1.47 bits per heavy atom. The highest BCUT2D eigenvalue weighted by Crippen LogP contribution is 2.22. The van der Waals surface area contributed by atoms with Gasteiger partial charge in [-0.3, -0.25) is 10.1 Å². The highest BCUT2D eigenvalue weighted by Gasteiger charge is 2.09. The number of hydrogen-bond acceptors (Lipinski definition) is 5. The van der Waals surface area contributed by atoms with Crippen molar-refractivity contribution in [2.75, 3.05) is 0 Å². The van der Waals surface area contributed by atoms with E-state index in [2.05, 4.69) is 5.32 Å². The molecule has 0 aromatic carbocycles. The molecule has 0 radical (unpaired) electrons. The number of rotatable bonds is 5. The first-order chi connectivity index (χ1) is 8.15. The minimum atomic E-state index is -0.371. The van der Waals surface area contributed by atoms with Crippen LogP contribution in [0.25, 0.3) is 0 Å². The molecule has 0 spiro atoms. The monoisotopic (exact) mass is 252 g/mol. The molecule has 0 fully saturated rings. The normalized spacial score (nSPS) is 10.6. The predicted octanol–water partition coefficient (Wildman–Crippen LogP) is 2.85. The smallest absolute Gasteiger partial charge is 0.324 e. The van der Waals surface area contributed by atoms with Crippen molar-refractivity contribution in [3.8, 4) is 0 Å². The summed E-state index contributed by atoms with van der Waals surface area (Å²) in [7, 11) is 0. The van der Waals surface area contributed by atoms with E-state index < -0.39 is 0 Å². The van der Waals surface area contributed by atoms with Gasteiger partial charge in [-0.2, -0.15) is 0 Å². The summed E-state index contributed by atoms with van der Waals surface area (Å²) < 4.78 is 5.40. The van der Waals surface area contributed by atoms with Gasteiger partial charge in [0.1, 0.15) is 11.5 Å². The van der Waals surface area contributed by atoms with Crippen molar-refractivity contribution in [3.63, 3.8) is 0 Å². The van der Waals surface area contributed by atoms with Gasteiger partial charge in [-0.1, -0.05) is 11.3 Å². The lowest BCUT2D eigenvalue weighted by Gasteiger charge is -1.99. The van der Waals surface area contributed by atoms with E-state index in [0.717, 1.165) is 28.4 Å². The number of furan rings is 1. The van der Waals surface area contributed by atoms with Gasteiger partial charge in [-0.25, -0.2) is 0 Å². The molecule has 0 bridgehead atoms. The van der Waals surface area contributed by atoms with E-state index >= 15 is 0 Å². The summed E-state index contributed by atoms with van der Waals surface area (Å²) in [6.45, 7) is 3.12. The van der Waals surface area contributed by atoms with Crippen LogP contribution in [0, 0.1) is 17.0 Å². The summed E-state index contributed by atoms with van der Waals surface area (Å²) in [5.74, 6) is 1.75. The van der Waals surface area contributed by atoms with Crippen LogP contribution in [0.1, 0.15) is 17.1 Å². The van der Waals surface area contributed by atoms with Crippen LogP contribution >= 0.6 is 11.3 Å². The van der Waals surface area contributed by atoms with Crippen molar-refractivity contribution in [2.24, 2.45) is 0 Å². The van der Waals surface area contributed by atoms with Crippen molar-refractivity contribution < 1.29 is 9.34 Å². The second kappa shape index (κ2) is 5.11. The third kappa shape index (κ3) is 3.15. The maximum Gasteiger partial charge on any atom is 0.324 e. The average Bonchev–Trinajstić information content (AvgIpc) is 2.88. The molecular formula is C11H12N2O3S. The Morgan fingerprint density at radius 3 is 2.88 bits per heavy atom. The molecule has 2 aromatic heterocycles. The molecule has 2 heterocycles. The molecular weight excluding hydrogens is 240 g/mol. The first kappa shape index (κ1) is 11.8. The Kier molecular flexibility index (Phi) is 3.55. The molecule has 0 unspecified atom stereocenters. The SMILES string of the molecule is Cc1ccc(CNCc2csc([N+](=O)[O-])c2)o1. The molecule has 0 atom stereocenters. The largest absolute Gasteiger partial charge is 0.465 e. The van der Waals surface area contributed by atoms with Crippen molar-refractivity contribution in [1.29, 1.82) is 0 Å². The summed E-state index contributed by atoms with van der Waals surface area (Å²) in [6.07, 6.45) is 0. The van der Waals surface area contributed by atoms with E-state index in [1.54, 1.807) is 11.4 Å². The highest BCUT2D eigenvalue weighted by molar-refractivity contribution is 7.13. The second-order valence-electron chi connectivity index (χ2n) is 3.67. The van der Waals surface area contributed by atoms with E-state index in [9.17, 15) is 10.1 Å². The maximum atomic E-state index is 10.5. The van der Waals surface area contributed by atoms with E-state index in [1.165, 1.54) is 0 Å². The van der Waals surface area contributed by atoms with E-state index in [0.29, 0.717) is 13.1 Å². The number of hydrogen-bond donors (Lipinski definition) is 1. The molecule has 17 heavy (non-hydrogen) atoms. The van der Waals surface area contributed by atoms with Crippen LogP contribution < -0.4 is 5.32 Å². The topological polar surface area (TPSA) is 68.3 Å². The van der Waals surface area contributed by atoms with Crippen LogP contribution in [0.4, 0.5) is 5.00 Å². The fraction of sp³-hybridized carbons (Fsp3) is 0.273. The molecule has 90 valence electrons. The standard InChI is InChI=1S/C11H12N2O3S/c1-8-2-3-10(16-8)6-12-5-9-4-11(13(14)15)17-7-9/h2-4,7,12H,5-6H2,1H3. The predicted molar refractivity (Wildman–Crippen MR) is 65.0 cm³/mol. The Hall–Kier alpha value is -1.66. The molecule has 6 heteroatoms. The molecule has 0 aliphatic heterocycles. The fourth-order valence-corrected chi connectivity index (χ4v) is 2.19. The Morgan fingerprint density at radius 2 is 2.29 bits per heavy atom. The lowest BCUT2D eigenvalue weighted by Crippen LogP contribution is -2.11. The van der Waals surface area contributed by atoms with Gasteiger partial charge in [0, 0.05) is 18.0 Å². The number of nitrogens with zero attached hydrogens (tertiary/aromatic N) is 1. The molecule has 0 aliphatic carbocycles. The van der Waals surface area contributed by atoms with Gasteiger partial charge in [0.2, 0.25) is 0 Å². The summed E-state index contributed by atoms with van der Waals surface area (Å²) in [4.78, 5) is 10.1. The molecule has 2 aromatic rings. The number of nitro groups is 1. The van der Waals surface area contributed by atoms with Gasteiger partial charge in [-0.05, 0) is 24.6 Å².